The van der Waals surface area contributed by atoms with Crippen molar-refractivity contribution in [2.75, 3.05) is 11.1 Å². The summed E-state index contributed by atoms with van der Waals surface area (Å²) in [5.41, 5.74) is 3.48. The van der Waals surface area contributed by atoms with E-state index in [9.17, 15) is 0 Å². The van der Waals surface area contributed by atoms with Gasteiger partial charge in [-0.1, -0.05) is 33.8 Å². The van der Waals surface area contributed by atoms with Crippen LogP contribution in [0.15, 0.2) is 23.4 Å². The molecule has 16 heavy (non-hydrogen) atoms. The Bertz CT molecular complexity index is 467. The Balaban J connectivity index is 2.02. The molecule has 0 saturated carbocycles. The molecular weight excluding hydrogens is 284 g/mol. The molecule has 1 N–H and O–H groups in total. The van der Waals surface area contributed by atoms with Gasteiger partial charge in [-0.15, -0.1) is 0 Å². The molecule has 0 radical (unpaired) electrons. The number of aromatic amines is 1. The Labute approximate surface area is 108 Å². The topological polar surface area (TPSA) is 28.7 Å². The Morgan fingerprint density at radius 2 is 2.25 bits per heavy atom. The number of unbranched alkanes of at least 4 members (excludes halogenated alkanes) is 1. The fourth-order valence-corrected chi connectivity index (χ4v) is 2.82. The molecule has 0 saturated heterocycles. The number of thioether (sulfide) groups is 1. The number of halogens is 1. The third-order valence-corrected chi connectivity index (χ3v) is 3.90. The van der Waals surface area contributed by atoms with Crippen LogP contribution in [0, 0.1) is 6.92 Å². The van der Waals surface area contributed by atoms with Crippen molar-refractivity contribution in [3.05, 3.63) is 23.8 Å². The van der Waals surface area contributed by atoms with Crippen molar-refractivity contribution in [2.24, 2.45) is 0 Å². The van der Waals surface area contributed by atoms with Crippen molar-refractivity contribution in [3.63, 3.8) is 0 Å². The molecule has 0 aliphatic carbocycles. The number of nitrogens with one attached hydrogen (secondary N) is 1. The van der Waals surface area contributed by atoms with Crippen LogP contribution in [-0.2, 0) is 0 Å². The number of hydrogen-bond acceptors (Lipinski definition) is 2. The van der Waals surface area contributed by atoms with Crippen LogP contribution in [0.2, 0.25) is 0 Å². The van der Waals surface area contributed by atoms with E-state index in [4.69, 9.17) is 0 Å². The smallest absolute Gasteiger partial charge is 0.166 e. The first-order chi connectivity index (χ1) is 7.79. The third-order valence-electron chi connectivity index (χ3n) is 2.38. The summed E-state index contributed by atoms with van der Waals surface area (Å²) in [5.74, 6) is 1.13. The highest BCUT2D eigenvalue weighted by atomic mass is 79.9. The van der Waals surface area contributed by atoms with Gasteiger partial charge in [0.05, 0.1) is 11.0 Å². The number of benzene rings is 1. The summed E-state index contributed by atoms with van der Waals surface area (Å²) < 4.78 is 0. The molecule has 0 aliphatic heterocycles. The van der Waals surface area contributed by atoms with E-state index >= 15 is 0 Å². The average Bonchev–Trinajstić information content (AvgIpc) is 2.66. The van der Waals surface area contributed by atoms with Crippen LogP contribution >= 0.6 is 27.7 Å². The van der Waals surface area contributed by atoms with Gasteiger partial charge in [-0.2, -0.15) is 0 Å². The molecule has 4 heteroatoms. The molecule has 1 aromatic heterocycles. The fourth-order valence-electron chi connectivity index (χ4n) is 1.53. The van der Waals surface area contributed by atoms with Crippen LogP contribution in [-0.4, -0.2) is 21.1 Å². The summed E-state index contributed by atoms with van der Waals surface area (Å²) >= 11 is 5.24. The predicted molar refractivity (Wildman–Crippen MR) is 74.6 cm³/mol. The highest BCUT2D eigenvalue weighted by Gasteiger charge is 2.02. The zero-order chi connectivity index (χ0) is 11.4. The average molecular weight is 299 g/mol. The van der Waals surface area contributed by atoms with Gasteiger partial charge in [0.25, 0.3) is 0 Å². The molecule has 2 aromatic rings. The first-order valence-corrected chi connectivity index (χ1v) is 7.55. The highest BCUT2D eigenvalue weighted by molar-refractivity contribution is 9.09. The minimum absolute atomic E-state index is 1.04. The molecule has 0 unspecified atom stereocenters. The second-order valence-electron chi connectivity index (χ2n) is 3.81. The Kier molecular flexibility index (Phi) is 4.29. The summed E-state index contributed by atoms with van der Waals surface area (Å²) in [6.07, 6.45) is 2.46. The van der Waals surface area contributed by atoms with Crippen LogP contribution < -0.4 is 0 Å². The van der Waals surface area contributed by atoms with Crippen LogP contribution in [0.5, 0.6) is 0 Å². The number of hydrogen-bond donors (Lipinski definition) is 1. The Morgan fingerprint density at radius 3 is 3.06 bits per heavy atom. The Hall–Kier alpha value is -0.480. The number of H-pyrrole nitrogens is 1. The number of nitrogens with zero attached hydrogens (tertiary/aromatic N) is 1. The summed E-state index contributed by atoms with van der Waals surface area (Å²) in [6, 6.07) is 6.32. The maximum absolute atomic E-state index is 4.55. The number of fused-ring (bicyclic) bond motifs is 1. The lowest BCUT2D eigenvalue weighted by atomic mass is 10.2. The highest BCUT2D eigenvalue weighted by Crippen LogP contribution is 2.21. The largest absolute Gasteiger partial charge is 0.333 e. The maximum atomic E-state index is 4.55. The van der Waals surface area contributed by atoms with E-state index in [1.54, 1.807) is 11.8 Å². The van der Waals surface area contributed by atoms with Gasteiger partial charge in [0.1, 0.15) is 0 Å². The number of alkyl halides is 1. The molecule has 1 heterocycles. The molecule has 86 valence electrons. The molecule has 0 spiro atoms. The molecular formula is C12H15BrN2S. The summed E-state index contributed by atoms with van der Waals surface area (Å²) in [7, 11) is 0. The van der Waals surface area contributed by atoms with Crippen LogP contribution in [0.1, 0.15) is 18.4 Å². The number of aromatic nitrogens is 2. The molecule has 0 aliphatic rings. The van der Waals surface area contributed by atoms with Gasteiger partial charge in [-0.3, -0.25) is 0 Å². The number of aryl methyl sites for hydroxylation is 1. The first kappa shape index (κ1) is 12.0. The molecule has 0 fully saturated rings. The first-order valence-electron chi connectivity index (χ1n) is 5.45. The zero-order valence-electron chi connectivity index (χ0n) is 9.29. The van der Waals surface area contributed by atoms with Crippen molar-refractivity contribution < 1.29 is 0 Å². The molecule has 0 amide bonds. The standard InChI is InChI=1S/C12H15BrN2S/c1-9-4-5-10-11(8-9)15-12(14-10)16-7-3-2-6-13/h4-5,8H,2-3,6-7H2,1H3,(H,14,15). The second kappa shape index (κ2) is 5.73. The van der Waals surface area contributed by atoms with Crippen molar-refractivity contribution in [1.82, 2.24) is 9.97 Å². The van der Waals surface area contributed by atoms with Crippen molar-refractivity contribution in [3.8, 4) is 0 Å². The minimum Gasteiger partial charge on any atom is -0.333 e. The summed E-state index contributed by atoms with van der Waals surface area (Å²) in [6.45, 7) is 2.10. The summed E-state index contributed by atoms with van der Waals surface area (Å²) in [4.78, 5) is 7.90. The lowest BCUT2D eigenvalue weighted by molar-refractivity contribution is 0.909. The molecule has 1 aromatic carbocycles. The predicted octanol–water partition coefficient (Wildman–Crippen LogP) is 4.14. The molecule has 0 atom stereocenters. The maximum Gasteiger partial charge on any atom is 0.166 e. The van der Waals surface area contributed by atoms with E-state index in [0.717, 1.165) is 27.3 Å². The van der Waals surface area contributed by atoms with Gasteiger partial charge in [0, 0.05) is 11.1 Å². The SMILES string of the molecule is Cc1ccc2nc(SCCCCBr)[nH]c2c1. The second-order valence-corrected chi connectivity index (χ2v) is 5.68. The monoisotopic (exact) mass is 298 g/mol. The number of rotatable bonds is 5. The number of imidazole rings is 1. The molecule has 2 rings (SSSR count). The lowest BCUT2D eigenvalue weighted by Gasteiger charge is -1.95. The molecule has 2 nitrogen and oxygen atoms in total. The van der Waals surface area contributed by atoms with E-state index in [1.807, 2.05) is 0 Å². The van der Waals surface area contributed by atoms with Gasteiger partial charge >= 0.3 is 0 Å². The normalized spacial score (nSPS) is 11.1. The summed E-state index contributed by atoms with van der Waals surface area (Å²) in [5, 5.41) is 2.13. The van der Waals surface area contributed by atoms with E-state index in [1.165, 1.54) is 18.4 Å². The van der Waals surface area contributed by atoms with E-state index in [0.29, 0.717) is 0 Å². The van der Waals surface area contributed by atoms with E-state index in [-0.39, 0.29) is 0 Å². The minimum atomic E-state index is 1.04. The van der Waals surface area contributed by atoms with Crippen LogP contribution in [0.25, 0.3) is 11.0 Å². The van der Waals surface area contributed by atoms with Crippen LogP contribution in [0.3, 0.4) is 0 Å². The molecule has 0 bridgehead atoms. The fraction of sp³-hybridized carbons (Fsp3) is 0.417. The van der Waals surface area contributed by atoms with Crippen molar-refractivity contribution >= 4 is 38.7 Å². The quantitative estimate of drug-likeness (QED) is 0.511. The van der Waals surface area contributed by atoms with Gasteiger partial charge < -0.3 is 4.98 Å². The van der Waals surface area contributed by atoms with Crippen molar-refractivity contribution in [2.45, 2.75) is 24.9 Å². The van der Waals surface area contributed by atoms with Gasteiger partial charge in [0.2, 0.25) is 0 Å². The van der Waals surface area contributed by atoms with E-state index in [2.05, 4.69) is 51.0 Å². The Morgan fingerprint density at radius 1 is 1.38 bits per heavy atom. The van der Waals surface area contributed by atoms with E-state index < -0.39 is 0 Å². The van der Waals surface area contributed by atoms with Gasteiger partial charge in [-0.05, 0) is 37.5 Å². The zero-order valence-corrected chi connectivity index (χ0v) is 11.7. The van der Waals surface area contributed by atoms with Gasteiger partial charge in [0.15, 0.2) is 5.16 Å². The van der Waals surface area contributed by atoms with Crippen LogP contribution in [0.4, 0.5) is 0 Å². The third kappa shape index (κ3) is 3.01. The van der Waals surface area contributed by atoms with Gasteiger partial charge in [-0.25, -0.2) is 4.98 Å². The van der Waals surface area contributed by atoms with Crippen molar-refractivity contribution in [1.29, 1.82) is 0 Å². The lowest BCUT2D eigenvalue weighted by Crippen LogP contribution is -1.82.